The van der Waals surface area contributed by atoms with Gasteiger partial charge in [0.05, 0.1) is 0 Å². The summed E-state index contributed by atoms with van der Waals surface area (Å²) in [6.07, 6.45) is 1.05. The van der Waals surface area contributed by atoms with Crippen LogP contribution >= 0.6 is 18.6 Å². The number of hydrogen-bond acceptors (Lipinski definition) is 1. The Labute approximate surface area is 158 Å². The van der Waals surface area contributed by atoms with Gasteiger partial charge in [-0.05, 0) is 13.3 Å². The van der Waals surface area contributed by atoms with E-state index in [0.717, 1.165) is 15.9 Å². The van der Waals surface area contributed by atoms with Gasteiger partial charge < -0.3 is 10.5 Å². The van der Waals surface area contributed by atoms with Crippen LogP contribution in [0.4, 0.5) is 0 Å². The van der Waals surface area contributed by atoms with Crippen molar-refractivity contribution >= 4 is 34.0 Å². The summed E-state index contributed by atoms with van der Waals surface area (Å²) >= 11 is -0.556. The van der Waals surface area contributed by atoms with Gasteiger partial charge in [-0.2, -0.15) is 29.8 Å². The van der Waals surface area contributed by atoms with E-state index in [4.69, 9.17) is 29.1 Å². The molecule has 123 valence electrons. The van der Waals surface area contributed by atoms with E-state index in [-0.39, 0.29) is 0 Å². The van der Waals surface area contributed by atoms with Gasteiger partial charge in [0.25, 0.3) is 0 Å². The number of fused-ring (bicyclic) bond motifs is 3. The molecule has 0 aliphatic heterocycles. The number of benzene rings is 2. The Morgan fingerprint density at radius 3 is 2.22 bits per heavy atom. The van der Waals surface area contributed by atoms with E-state index in [9.17, 15) is 0 Å². The van der Waals surface area contributed by atoms with Crippen molar-refractivity contribution in [3.05, 3.63) is 65.4 Å². The minimum Gasteiger partial charge on any atom is -0.179 e. The van der Waals surface area contributed by atoms with Crippen LogP contribution in [-0.2, 0) is 28.2 Å². The molecule has 6 heteroatoms. The van der Waals surface area contributed by atoms with Crippen LogP contribution in [0.15, 0.2) is 42.5 Å². The molecule has 0 bridgehead atoms. The van der Waals surface area contributed by atoms with Gasteiger partial charge in [0.15, 0.2) is 0 Å². The maximum Gasteiger partial charge on any atom is -0.0253 e. The molecule has 3 rings (SSSR count). The summed E-state index contributed by atoms with van der Waals surface area (Å²) in [7, 11) is 10.5. The number of carbonyl (C=O) groups excluding carboxylic acids is 1. The Morgan fingerprint density at radius 2 is 1.65 bits per heavy atom. The van der Waals surface area contributed by atoms with Crippen molar-refractivity contribution in [1.29, 1.82) is 0 Å². The van der Waals surface area contributed by atoms with Crippen LogP contribution in [0.25, 0.3) is 16.9 Å². The second kappa shape index (κ2) is 13.8. The Bertz CT molecular complexity index is 547. The molecule has 2 nitrogen and oxygen atoms in total. The fourth-order valence-electron chi connectivity index (χ4n) is 2.00. The van der Waals surface area contributed by atoms with E-state index in [1.807, 2.05) is 6.07 Å². The van der Waals surface area contributed by atoms with Crippen molar-refractivity contribution in [2.75, 3.05) is 0 Å². The van der Waals surface area contributed by atoms with E-state index in [1.165, 1.54) is 29.2 Å². The molecule has 2 aromatic carbocycles. The molecule has 23 heavy (non-hydrogen) atoms. The summed E-state index contributed by atoms with van der Waals surface area (Å²) in [4.78, 5) is 9.11. The van der Waals surface area contributed by atoms with Crippen LogP contribution in [0.1, 0.15) is 18.1 Å². The monoisotopic (exact) mass is 400 g/mol. The van der Waals surface area contributed by atoms with Gasteiger partial charge >= 0.3 is 35.6 Å². The van der Waals surface area contributed by atoms with Crippen LogP contribution in [0, 0.1) is 6.07 Å². The fraction of sp³-hybridized carbons (Fsp3) is 0.235. The average molecular weight is 401 g/mol. The van der Waals surface area contributed by atoms with Crippen molar-refractivity contribution in [3.63, 3.8) is 0 Å². The van der Waals surface area contributed by atoms with Crippen molar-refractivity contribution in [2.24, 2.45) is 0 Å². The topological polar surface area (TPSA) is 40.9 Å². The van der Waals surface area contributed by atoms with Crippen LogP contribution < -0.4 is 0 Å². The first-order chi connectivity index (χ1) is 11.0. The largest absolute Gasteiger partial charge is 0.179 e. The maximum absolute atomic E-state index is 9.11. The zero-order valence-electron chi connectivity index (χ0n) is 13.5. The Balaban J connectivity index is 0.000000409. The molecule has 0 heterocycles. The Morgan fingerprint density at radius 1 is 1.17 bits per heavy atom. The summed E-state index contributed by atoms with van der Waals surface area (Å²) in [6.45, 7) is 5.61. The van der Waals surface area contributed by atoms with Crippen molar-refractivity contribution < 1.29 is 21.8 Å². The standard InChI is InChI=1S/C13H9.C2H5NO.C2H7Si.2ClH.Ti/c1-3-7-12-10(5-1)9-11-6-2-4-8-13(11)12;1-2(3)4;1-3-2;;;/h1-5,7-8H,9H2;1H3,(H2,3,4);3H,1-2H3;2*1H;/q-1;;;;;+2/p-3. The van der Waals surface area contributed by atoms with Crippen molar-refractivity contribution in [3.8, 4) is 11.1 Å². The van der Waals surface area contributed by atoms with E-state index in [1.54, 1.807) is 0 Å². The molecule has 0 atom stereocenters. The molecule has 2 aromatic rings. The molecule has 0 saturated heterocycles. The molecule has 1 aliphatic carbocycles. The first-order valence-corrected chi connectivity index (χ1v) is 13.6. The normalized spacial score (nSPS) is 9.43. The molecule has 1 N–H and O–H groups in total. The molecule has 1 amide bonds. The zero-order chi connectivity index (χ0) is 17.7. The number of amides is 1. The van der Waals surface area contributed by atoms with E-state index in [2.05, 4.69) is 55.6 Å². The summed E-state index contributed by atoms with van der Waals surface area (Å²) in [5.74, 6) is -0.583. The second-order valence-electron chi connectivity index (χ2n) is 4.60. The zero-order valence-corrected chi connectivity index (χ0v) is 17.7. The van der Waals surface area contributed by atoms with Crippen molar-refractivity contribution in [2.45, 2.75) is 26.4 Å². The van der Waals surface area contributed by atoms with Crippen LogP contribution in [0.2, 0.25) is 13.1 Å². The Hall–Kier alpha value is -0.579. The summed E-state index contributed by atoms with van der Waals surface area (Å²) in [5, 5.41) is 0. The van der Waals surface area contributed by atoms with Crippen LogP contribution in [-0.4, -0.2) is 15.4 Å². The van der Waals surface area contributed by atoms with Crippen molar-refractivity contribution in [1.82, 2.24) is 0 Å². The third kappa shape index (κ3) is 9.33. The predicted octanol–water partition coefficient (Wildman–Crippen LogP) is 5.54. The summed E-state index contributed by atoms with van der Waals surface area (Å²) < 4.78 is 0. The molecular weight excluding hydrogens is 381 g/mol. The molecule has 0 saturated carbocycles. The van der Waals surface area contributed by atoms with E-state index in [0.29, 0.717) is 0 Å². The van der Waals surface area contributed by atoms with Gasteiger partial charge in [-0.15, -0.1) is 5.56 Å². The molecular formula is C17H20Cl2NOSiTi-2. The molecule has 1 radical (unpaired) electrons. The van der Waals surface area contributed by atoms with Gasteiger partial charge in [-0.3, -0.25) is 0 Å². The number of rotatable bonds is 0. The quantitative estimate of drug-likeness (QED) is 0.360. The summed E-state index contributed by atoms with van der Waals surface area (Å²) in [5.41, 5.74) is 11.5. The minimum absolute atomic E-state index is 0.556. The first kappa shape index (κ1) is 22.4. The minimum atomic E-state index is -0.583. The van der Waals surface area contributed by atoms with Gasteiger partial charge in [-0.25, -0.2) is 0 Å². The Kier molecular flexibility index (Phi) is 13.5. The molecule has 0 unspecified atom stereocenters. The first-order valence-electron chi connectivity index (χ1n) is 7.02. The van der Waals surface area contributed by atoms with E-state index < -0.39 is 22.9 Å². The SMILES string of the molecule is CC([NH-])=O.C[SiH]C.[Cl][Ti][Cl].[c-]1cccc2c1Cc1ccccc1-2. The maximum atomic E-state index is 9.11. The number of hydrogen-bond donors (Lipinski definition) is 0. The number of carbonyl (C=O) groups is 1. The van der Waals surface area contributed by atoms with Crippen LogP contribution in [0.3, 0.4) is 0 Å². The van der Waals surface area contributed by atoms with Gasteiger partial charge in [0.2, 0.25) is 0 Å². The molecule has 0 fully saturated rings. The number of nitrogens with one attached hydrogen (secondary N) is 1. The van der Waals surface area contributed by atoms with Gasteiger partial charge in [0, 0.05) is 15.4 Å². The summed E-state index contributed by atoms with van der Waals surface area (Å²) in [6, 6.07) is 18.1. The third-order valence-corrected chi connectivity index (χ3v) is 2.62. The molecule has 0 spiro atoms. The predicted molar refractivity (Wildman–Crippen MR) is 99.1 cm³/mol. The number of halogens is 2. The van der Waals surface area contributed by atoms with Gasteiger partial charge in [-0.1, -0.05) is 48.5 Å². The average Bonchev–Trinajstić information content (AvgIpc) is 2.87. The second-order valence-corrected chi connectivity index (χ2v) is 8.34. The fourth-order valence-corrected chi connectivity index (χ4v) is 2.00. The smallest absolute Gasteiger partial charge is 0.0253 e. The van der Waals surface area contributed by atoms with Gasteiger partial charge in [0.1, 0.15) is 0 Å². The molecule has 0 aromatic heterocycles. The third-order valence-electron chi connectivity index (χ3n) is 2.62. The van der Waals surface area contributed by atoms with Crippen LogP contribution in [0.5, 0.6) is 0 Å². The van der Waals surface area contributed by atoms with E-state index >= 15 is 0 Å². The molecule has 1 aliphatic rings.